The molecule has 1 rings (SSSR count). The van der Waals surface area contributed by atoms with E-state index in [-0.39, 0.29) is 0 Å². The Morgan fingerprint density at radius 3 is 2.58 bits per heavy atom. The lowest BCUT2D eigenvalue weighted by atomic mass is 10.1. The first-order valence-electron chi connectivity index (χ1n) is 7.52. The second-order valence-electron chi connectivity index (χ2n) is 4.75. The average molecular weight is 285 g/mol. The van der Waals surface area contributed by atoms with Crippen molar-refractivity contribution < 1.29 is 4.74 Å². The number of aromatic nitrogens is 2. The zero-order chi connectivity index (χ0) is 13.8. The molecule has 1 aromatic heterocycles. The number of rotatable bonds is 12. The standard InChI is InChI=1S/C14H27N3OS/c1-3-5-6-7-8-9-11-18-14-17-16-13(19-14)12-15-10-4-2/h15H,3-12H2,1-2H3. The Bertz CT molecular complexity index is 317. The summed E-state index contributed by atoms with van der Waals surface area (Å²) in [5, 5.41) is 13.2. The minimum absolute atomic E-state index is 0.710. The van der Waals surface area contributed by atoms with Crippen molar-refractivity contribution in [2.45, 2.75) is 65.3 Å². The predicted molar refractivity (Wildman–Crippen MR) is 80.8 cm³/mol. The van der Waals surface area contributed by atoms with Gasteiger partial charge < -0.3 is 10.1 Å². The molecule has 1 heterocycles. The molecule has 0 aliphatic carbocycles. The number of nitrogens with zero attached hydrogens (tertiary/aromatic N) is 2. The van der Waals surface area contributed by atoms with Crippen LogP contribution < -0.4 is 10.1 Å². The van der Waals surface area contributed by atoms with E-state index >= 15 is 0 Å². The van der Waals surface area contributed by atoms with E-state index in [0.29, 0.717) is 5.19 Å². The SMILES string of the molecule is CCCCCCCCOc1nnc(CNCCC)s1. The van der Waals surface area contributed by atoms with E-state index in [2.05, 4.69) is 29.4 Å². The molecule has 110 valence electrons. The first-order valence-corrected chi connectivity index (χ1v) is 8.34. The van der Waals surface area contributed by atoms with Crippen LogP contribution in [0.5, 0.6) is 5.19 Å². The van der Waals surface area contributed by atoms with E-state index in [9.17, 15) is 0 Å². The summed E-state index contributed by atoms with van der Waals surface area (Å²) in [6.07, 6.45) is 8.83. The van der Waals surface area contributed by atoms with Gasteiger partial charge in [0, 0.05) is 6.54 Å². The Labute approximate surface area is 121 Å². The highest BCUT2D eigenvalue weighted by atomic mass is 32.1. The van der Waals surface area contributed by atoms with Crippen molar-refractivity contribution in [3.63, 3.8) is 0 Å². The molecular weight excluding hydrogens is 258 g/mol. The van der Waals surface area contributed by atoms with Gasteiger partial charge in [-0.3, -0.25) is 0 Å². The van der Waals surface area contributed by atoms with Gasteiger partial charge in [-0.05, 0) is 19.4 Å². The molecule has 0 amide bonds. The second kappa shape index (κ2) is 11.2. The van der Waals surface area contributed by atoms with Crippen molar-refractivity contribution in [2.24, 2.45) is 0 Å². The molecule has 4 nitrogen and oxygen atoms in total. The number of nitrogens with one attached hydrogen (secondary N) is 1. The Hall–Kier alpha value is -0.680. The molecule has 0 radical (unpaired) electrons. The lowest BCUT2D eigenvalue weighted by Gasteiger charge is -2.01. The summed E-state index contributed by atoms with van der Waals surface area (Å²) < 4.78 is 5.62. The van der Waals surface area contributed by atoms with Gasteiger partial charge in [-0.2, -0.15) is 0 Å². The lowest BCUT2D eigenvalue weighted by Crippen LogP contribution is -2.13. The van der Waals surface area contributed by atoms with Gasteiger partial charge in [0.2, 0.25) is 0 Å². The fraction of sp³-hybridized carbons (Fsp3) is 0.857. The normalized spacial score (nSPS) is 10.8. The van der Waals surface area contributed by atoms with E-state index in [4.69, 9.17) is 4.74 Å². The van der Waals surface area contributed by atoms with Crippen LogP contribution in [0, 0.1) is 0 Å². The molecule has 0 bridgehead atoms. The predicted octanol–water partition coefficient (Wildman–Crippen LogP) is 3.78. The molecular formula is C14H27N3OS. The second-order valence-corrected chi connectivity index (χ2v) is 5.78. The fourth-order valence-corrected chi connectivity index (χ4v) is 2.46. The number of hydrogen-bond donors (Lipinski definition) is 1. The highest BCUT2D eigenvalue weighted by Gasteiger charge is 2.04. The Morgan fingerprint density at radius 2 is 1.79 bits per heavy atom. The highest BCUT2D eigenvalue weighted by Crippen LogP contribution is 2.18. The molecule has 0 saturated carbocycles. The third-order valence-electron chi connectivity index (χ3n) is 2.87. The molecule has 5 heteroatoms. The Morgan fingerprint density at radius 1 is 1.00 bits per heavy atom. The van der Waals surface area contributed by atoms with E-state index < -0.39 is 0 Å². The average Bonchev–Trinajstić information content (AvgIpc) is 2.86. The van der Waals surface area contributed by atoms with E-state index in [1.165, 1.54) is 32.1 Å². The summed E-state index contributed by atoms with van der Waals surface area (Å²) in [5.74, 6) is 0. The molecule has 1 N–H and O–H groups in total. The zero-order valence-electron chi connectivity index (χ0n) is 12.3. The Kier molecular flexibility index (Phi) is 9.63. The van der Waals surface area contributed by atoms with Crippen LogP contribution in [0.25, 0.3) is 0 Å². The molecule has 0 aliphatic heterocycles. The van der Waals surface area contributed by atoms with Gasteiger partial charge in [0.1, 0.15) is 5.01 Å². The third kappa shape index (κ3) is 8.16. The fourth-order valence-electron chi connectivity index (χ4n) is 1.78. The van der Waals surface area contributed by atoms with E-state index in [1.807, 2.05) is 0 Å². The van der Waals surface area contributed by atoms with Crippen molar-refractivity contribution in [2.75, 3.05) is 13.2 Å². The Balaban J connectivity index is 2.03. The van der Waals surface area contributed by atoms with E-state index in [1.54, 1.807) is 11.3 Å². The van der Waals surface area contributed by atoms with Crippen molar-refractivity contribution in [1.29, 1.82) is 0 Å². The largest absolute Gasteiger partial charge is 0.469 e. The molecule has 0 unspecified atom stereocenters. The van der Waals surface area contributed by atoms with Crippen LogP contribution in [0.4, 0.5) is 0 Å². The number of hydrogen-bond acceptors (Lipinski definition) is 5. The third-order valence-corrected chi connectivity index (χ3v) is 3.71. The van der Waals surface area contributed by atoms with Crippen molar-refractivity contribution in [1.82, 2.24) is 15.5 Å². The zero-order valence-corrected chi connectivity index (χ0v) is 13.1. The molecule has 0 aromatic carbocycles. The van der Waals surface area contributed by atoms with Crippen LogP contribution in [-0.2, 0) is 6.54 Å². The van der Waals surface area contributed by atoms with Crippen LogP contribution in [0.15, 0.2) is 0 Å². The molecule has 0 fully saturated rings. The summed E-state index contributed by atoms with van der Waals surface area (Å²) in [7, 11) is 0. The van der Waals surface area contributed by atoms with Gasteiger partial charge in [0.25, 0.3) is 5.19 Å². The quantitative estimate of drug-likeness (QED) is 0.594. The number of ether oxygens (including phenoxy) is 1. The summed E-state index contributed by atoms with van der Waals surface area (Å²) in [6.45, 7) is 6.98. The maximum absolute atomic E-state index is 5.62. The first kappa shape index (κ1) is 16.4. The maximum Gasteiger partial charge on any atom is 0.294 e. The summed E-state index contributed by atoms with van der Waals surface area (Å²) in [6, 6.07) is 0. The van der Waals surface area contributed by atoms with Gasteiger partial charge >= 0.3 is 0 Å². The van der Waals surface area contributed by atoms with Crippen molar-refractivity contribution in [3.05, 3.63) is 5.01 Å². The van der Waals surface area contributed by atoms with Gasteiger partial charge in [-0.1, -0.05) is 57.3 Å². The molecule has 19 heavy (non-hydrogen) atoms. The topological polar surface area (TPSA) is 47.0 Å². The monoisotopic (exact) mass is 285 g/mol. The van der Waals surface area contributed by atoms with Crippen LogP contribution in [0.1, 0.15) is 63.8 Å². The van der Waals surface area contributed by atoms with Gasteiger partial charge in [0.15, 0.2) is 0 Å². The maximum atomic E-state index is 5.62. The van der Waals surface area contributed by atoms with Gasteiger partial charge in [-0.15, -0.1) is 10.2 Å². The van der Waals surface area contributed by atoms with Crippen LogP contribution >= 0.6 is 11.3 Å². The summed E-state index contributed by atoms with van der Waals surface area (Å²) in [4.78, 5) is 0. The van der Waals surface area contributed by atoms with Crippen LogP contribution in [0.3, 0.4) is 0 Å². The molecule has 0 atom stereocenters. The summed E-state index contributed by atoms with van der Waals surface area (Å²) >= 11 is 1.55. The van der Waals surface area contributed by atoms with Gasteiger partial charge in [-0.25, -0.2) is 0 Å². The van der Waals surface area contributed by atoms with Crippen LogP contribution in [0.2, 0.25) is 0 Å². The van der Waals surface area contributed by atoms with Crippen molar-refractivity contribution in [3.8, 4) is 5.19 Å². The number of unbranched alkanes of at least 4 members (excludes halogenated alkanes) is 5. The minimum atomic E-state index is 0.710. The molecule has 0 saturated heterocycles. The summed E-state index contributed by atoms with van der Waals surface area (Å²) in [5.41, 5.74) is 0. The van der Waals surface area contributed by atoms with E-state index in [0.717, 1.165) is 37.5 Å². The molecule has 0 aliphatic rings. The molecule has 0 spiro atoms. The first-order chi connectivity index (χ1) is 9.36. The van der Waals surface area contributed by atoms with Gasteiger partial charge in [0.05, 0.1) is 6.61 Å². The van der Waals surface area contributed by atoms with Crippen molar-refractivity contribution >= 4 is 11.3 Å². The highest BCUT2D eigenvalue weighted by molar-refractivity contribution is 7.13. The smallest absolute Gasteiger partial charge is 0.294 e. The molecule has 1 aromatic rings. The van der Waals surface area contributed by atoms with Crippen LogP contribution in [-0.4, -0.2) is 23.3 Å². The minimum Gasteiger partial charge on any atom is -0.469 e. The lowest BCUT2D eigenvalue weighted by molar-refractivity contribution is 0.300.